The van der Waals surface area contributed by atoms with Gasteiger partial charge in [-0.3, -0.25) is 4.72 Å². The monoisotopic (exact) mass is 316 g/mol. The first-order valence-corrected chi connectivity index (χ1v) is 8.97. The molecule has 0 saturated heterocycles. The summed E-state index contributed by atoms with van der Waals surface area (Å²) in [5.74, 6) is 0. The normalized spacial score (nSPS) is 13.7. The second kappa shape index (κ2) is 4.54. The van der Waals surface area contributed by atoms with Crippen molar-refractivity contribution in [1.29, 1.82) is 0 Å². The van der Waals surface area contributed by atoms with Gasteiger partial charge in [0.05, 0.1) is 4.90 Å². The second-order valence-corrected chi connectivity index (χ2v) is 7.55. The Balaban J connectivity index is 1.92. The third-order valence-electron chi connectivity index (χ3n) is 3.78. The van der Waals surface area contributed by atoms with E-state index in [2.05, 4.69) is 15.8 Å². The Kier molecular flexibility index (Phi) is 2.77. The fourth-order valence-corrected chi connectivity index (χ4v) is 4.89. The van der Waals surface area contributed by atoms with Crippen LogP contribution in [-0.4, -0.2) is 13.4 Å². The summed E-state index contributed by atoms with van der Waals surface area (Å²) in [4.78, 5) is 4.30. The van der Waals surface area contributed by atoms with Gasteiger partial charge in [0.15, 0.2) is 5.13 Å². The van der Waals surface area contributed by atoms with E-state index >= 15 is 0 Å². The van der Waals surface area contributed by atoms with Crippen LogP contribution in [0.1, 0.15) is 11.1 Å². The van der Waals surface area contributed by atoms with Gasteiger partial charge in [-0.15, -0.1) is 11.3 Å². The van der Waals surface area contributed by atoms with Crippen molar-refractivity contribution in [3.8, 4) is 0 Å². The smallest absolute Gasteiger partial charge is 0.255 e. The molecule has 0 saturated carbocycles. The molecule has 1 N–H and O–H groups in total. The molecule has 21 heavy (non-hydrogen) atoms. The van der Waals surface area contributed by atoms with Crippen LogP contribution in [0.2, 0.25) is 0 Å². The third kappa shape index (κ3) is 2.02. The number of hydrogen-bond donors (Lipinski definition) is 1. The highest BCUT2D eigenvalue weighted by atomic mass is 32.2. The lowest BCUT2D eigenvalue weighted by Gasteiger charge is -2.10. The quantitative estimate of drug-likeness (QED) is 0.807. The molecule has 4 rings (SSSR count). The summed E-state index contributed by atoms with van der Waals surface area (Å²) < 4.78 is 27.8. The standard InChI is InChI=1S/C15H12N2O2S2/c18-21(19,17-15-16-8-9-20-15)13-7-6-11-5-4-10-2-1-3-12(13)14(10)11/h1-3,6-9H,4-5H2,(H,16,17). The van der Waals surface area contributed by atoms with E-state index in [0.29, 0.717) is 10.0 Å². The molecule has 0 aliphatic heterocycles. The molecule has 106 valence electrons. The Hall–Kier alpha value is -1.92. The Morgan fingerprint density at radius 2 is 1.90 bits per heavy atom. The van der Waals surface area contributed by atoms with Crippen molar-refractivity contribution in [2.45, 2.75) is 17.7 Å². The van der Waals surface area contributed by atoms with Gasteiger partial charge in [-0.05, 0) is 35.4 Å². The summed E-state index contributed by atoms with van der Waals surface area (Å²) >= 11 is 1.27. The molecule has 0 amide bonds. The molecule has 0 unspecified atom stereocenters. The largest absolute Gasteiger partial charge is 0.264 e. The molecule has 0 spiro atoms. The van der Waals surface area contributed by atoms with Crippen LogP contribution in [0.3, 0.4) is 0 Å². The summed E-state index contributed by atoms with van der Waals surface area (Å²) in [5.41, 5.74) is 2.46. The molecule has 1 aromatic heterocycles. The van der Waals surface area contributed by atoms with Gasteiger partial charge in [0, 0.05) is 17.0 Å². The van der Waals surface area contributed by atoms with E-state index in [4.69, 9.17) is 0 Å². The molecule has 4 nitrogen and oxygen atoms in total. The number of rotatable bonds is 3. The summed E-state index contributed by atoms with van der Waals surface area (Å²) in [6.07, 6.45) is 3.54. The Labute approximate surface area is 126 Å². The van der Waals surface area contributed by atoms with Gasteiger partial charge in [-0.2, -0.15) is 0 Å². The maximum absolute atomic E-state index is 12.6. The maximum atomic E-state index is 12.6. The molecular formula is C15H12N2O2S2. The second-order valence-electron chi connectivity index (χ2n) is 5.01. The number of benzene rings is 2. The highest BCUT2D eigenvalue weighted by Gasteiger charge is 2.23. The lowest BCUT2D eigenvalue weighted by atomic mass is 10.1. The number of anilines is 1. The van der Waals surface area contributed by atoms with Crippen LogP contribution < -0.4 is 4.72 Å². The van der Waals surface area contributed by atoms with Crippen LogP contribution >= 0.6 is 11.3 Å². The van der Waals surface area contributed by atoms with E-state index in [9.17, 15) is 8.42 Å². The van der Waals surface area contributed by atoms with Gasteiger partial charge in [0.1, 0.15) is 0 Å². The Morgan fingerprint density at radius 1 is 1.10 bits per heavy atom. The average molecular weight is 316 g/mol. The van der Waals surface area contributed by atoms with Gasteiger partial charge in [-0.1, -0.05) is 24.3 Å². The van der Waals surface area contributed by atoms with Crippen molar-refractivity contribution >= 4 is 37.3 Å². The average Bonchev–Trinajstić information content (AvgIpc) is 3.10. The lowest BCUT2D eigenvalue weighted by Crippen LogP contribution is -2.13. The van der Waals surface area contributed by atoms with E-state index in [1.165, 1.54) is 22.5 Å². The van der Waals surface area contributed by atoms with Crippen molar-refractivity contribution < 1.29 is 8.42 Å². The molecule has 3 aromatic rings. The molecule has 1 aliphatic carbocycles. The predicted octanol–water partition coefficient (Wildman–Crippen LogP) is 3.20. The zero-order chi connectivity index (χ0) is 14.4. The van der Waals surface area contributed by atoms with Crippen LogP contribution in [0.25, 0.3) is 10.8 Å². The molecule has 0 fully saturated rings. The summed E-state index contributed by atoms with van der Waals surface area (Å²) in [6.45, 7) is 0. The number of aromatic nitrogens is 1. The lowest BCUT2D eigenvalue weighted by molar-refractivity contribution is 0.602. The number of sulfonamides is 1. The number of thiazole rings is 1. The fraction of sp³-hybridized carbons (Fsp3) is 0.133. The number of nitrogens with zero attached hydrogens (tertiary/aromatic N) is 1. The highest BCUT2D eigenvalue weighted by Crippen LogP contribution is 2.35. The molecule has 0 radical (unpaired) electrons. The molecular weight excluding hydrogens is 304 g/mol. The van der Waals surface area contributed by atoms with Crippen molar-refractivity contribution in [1.82, 2.24) is 4.98 Å². The van der Waals surface area contributed by atoms with Crippen LogP contribution in [0, 0.1) is 0 Å². The number of hydrogen-bond acceptors (Lipinski definition) is 4. The third-order valence-corrected chi connectivity index (χ3v) is 6.00. The zero-order valence-corrected chi connectivity index (χ0v) is 12.7. The first-order valence-electron chi connectivity index (χ1n) is 6.61. The topological polar surface area (TPSA) is 59.1 Å². The van der Waals surface area contributed by atoms with Crippen LogP contribution in [0.15, 0.2) is 46.8 Å². The van der Waals surface area contributed by atoms with E-state index in [0.717, 1.165) is 23.6 Å². The summed E-state index contributed by atoms with van der Waals surface area (Å²) in [6, 6.07) is 9.50. The molecule has 2 aromatic carbocycles. The van der Waals surface area contributed by atoms with Crippen molar-refractivity contribution in [3.63, 3.8) is 0 Å². The summed E-state index contributed by atoms with van der Waals surface area (Å²) in [7, 11) is -3.62. The highest BCUT2D eigenvalue weighted by molar-refractivity contribution is 7.93. The molecule has 1 heterocycles. The van der Waals surface area contributed by atoms with Gasteiger partial charge < -0.3 is 0 Å². The molecule has 0 atom stereocenters. The summed E-state index contributed by atoms with van der Waals surface area (Å²) in [5, 5.41) is 4.02. The Bertz CT molecular complexity index is 921. The van der Waals surface area contributed by atoms with E-state index < -0.39 is 10.0 Å². The van der Waals surface area contributed by atoms with E-state index in [-0.39, 0.29) is 0 Å². The van der Waals surface area contributed by atoms with Gasteiger partial charge in [-0.25, -0.2) is 13.4 Å². The first-order chi connectivity index (χ1) is 10.1. The minimum absolute atomic E-state index is 0.320. The molecule has 1 aliphatic rings. The molecule has 0 bridgehead atoms. The van der Waals surface area contributed by atoms with Crippen molar-refractivity contribution in [2.75, 3.05) is 4.72 Å². The minimum Gasteiger partial charge on any atom is -0.255 e. The zero-order valence-electron chi connectivity index (χ0n) is 11.0. The first kappa shape index (κ1) is 12.8. The Morgan fingerprint density at radius 3 is 2.67 bits per heavy atom. The van der Waals surface area contributed by atoms with Crippen molar-refractivity contribution in [2.24, 2.45) is 0 Å². The SMILES string of the molecule is O=S(=O)(Nc1nccs1)c1ccc2c3c(cccc13)CC2. The van der Waals surface area contributed by atoms with Gasteiger partial charge in [0.2, 0.25) is 0 Å². The minimum atomic E-state index is -3.62. The van der Waals surface area contributed by atoms with Gasteiger partial charge in [0.25, 0.3) is 10.0 Å². The predicted molar refractivity (Wildman–Crippen MR) is 84.3 cm³/mol. The van der Waals surface area contributed by atoms with Crippen LogP contribution in [-0.2, 0) is 22.9 Å². The number of nitrogens with one attached hydrogen (secondary N) is 1. The van der Waals surface area contributed by atoms with Crippen LogP contribution in [0.4, 0.5) is 5.13 Å². The van der Waals surface area contributed by atoms with E-state index in [1.54, 1.807) is 17.6 Å². The van der Waals surface area contributed by atoms with Crippen LogP contribution in [0.5, 0.6) is 0 Å². The van der Waals surface area contributed by atoms with Crippen molar-refractivity contribution in [3.05, 3.63) is 53.0 Å². The van der Waals surface area contributed by atoms with Gasteiger partial charge >= 0.3 is 0 Å². The van der Waals surface area contributed by atoms with E-state index in [1.807, 2.05) is 18.2 Å². The molecule has 6 heteroatoms. The number of aryl methyl sites for hydroxylation is 2. The fourth-order valence-electron chi connectivity index (χ4n) is 2.90. The maximum Gasteiger partial charge on any atom is 0.264 e.